The normalized spacial score (nSPS) is 16.3. The molecule has 0 spiro atoms. The third kappa shape index (κ3) is 4.92. The van der Waals surface area contributed by atoms with E-state index < -0.39 is 26.1 Å². The van der Waals surface area contributed by atoms with Crippen LogP contribution in [0.5, 0.6) is 5.75 Å². The van der Waals surface area contributed by atoms with Crippen LogP contribution in [0.2, 0.25) is 0 Å². The standard InChI is InChI=1S/C24H25N3O5S2/c1-17-8-14-20(15-9-17)34(30,31)27-23(21-6-4-5-7-24(21)32-2)16-22(25-27)18-10-12-19(13-11-18)26-33(3,28)29/h4-15,23,26H,16H2,1-3H3/t23-/m0/s1. The zero-order valence-corrected chi connectivity index (χ0v) is 20.6. The number of sulfonamides is 2. The minimum Gasteiger partial charge on any atom is -0.496 e. The second-order valence-corrected chi connectivity index (χ2v) is 11.6. The summed E-state index contributed by atoms with van der Waals surface area (Å²) in [6.45, 7) is 1.89. The summed E-state index contributed by atoms with van der Waals surface area (Å²) < 4.78 is 59.3. The maximum Gasteiger partial charge on any atom is 0.279 e. The van der Waals surface area contributed by atoms with Gasteiger partial charge in [-0.1, -0.05) is 48.0 Å². The first kappa shape index (κ1) is 23.8. The molecule has 3 aromatic carbocycles. The van der Waals surface area contributed by atoms with Gasteiger partial charge in [-0.2, -0.15) is 17.9 Å². The predicted octanol–water partition coefficient (Wildman–Crippen LogP) is 3.92. The van der Waals surface area contributed by atoms with E-state index in [4.69, 9.17) is 4.74 Å². The van der Waals surface area contributed by atoms with E-state index in [0.717, 1.165) is 16.2 Å². The van der Waals surface area contributed by atoms with Crippen LogP contribution in [-0.2, 0) is 20.0 Å². The van der Waals surface area contributed by atoms with Gasteiger partial charge < -0.3 is 4.74 Å². The third-order valence-corrected chi connectivity index (χ3v) is 7.76. The van der Waals surface area contributed by atoms with E-state index in [9.17, 15) is 16.8 Å². The highest BCUT2D eigenvalue weighted by molar-refractivity contribution is 7.92. The Kier molecular flexibility index (Phi) is 6.37. The molecule has 0 unspecified atom stereocenters. The molecule has 1 N–H and O–H groups in total. The van der Waals surface area contributed by atoms with Gasteiger partial charge in [0.15, 0.2) is 0 Å². The van der Waals surface area contributed by atoms with Crippen molar-refractivity contribution in [2.24, 2.45) is 5.10 Å². The number of anilines is 1. The lowest BCUT2D eigenvalue weighted by molar-refractivity contribution is 0.350. The molecule has 178 valence electrons. The first-order valence-electron chi connectivity index (χ1n) is 10.5. The molecule has 1 heterocycles. The highest BCUT2D eigenvalue weighted by atomic mass is 32.2. The van der Waals surface area contributed by atoms with E-state index in [1.165, 1.54) is 0 Å². The van der Waals surface area contributed by atoms with E-state index in [0.29, 0.717) is 34.7 Å². The lowest BCUT2D eigenvalue weighted by Crippen LogP contribution is -2.27. The van der Waals surface area contributed by atoms with Crippen LogP contribution >= 0.6 is 0 Å². The van der Waals surface area contributed by atoms with Crippen LogP contribution in [0.25, 0.3) is 0 Å². The molecule has 0 fully saturated rings. The molecule has 1 atom stereocenters. The minimum absolute atomic E-state index is 0.149. The van der Waals surface area contributed by atoms with Gasteiger partial charge in [0.2, 0.25) is 10.0 Å². The van der Waals surface area contributed by atoms with Crippen LogP contribution in [0.3, 0.4) is 0 Å². The number of nitrogens with zero attached hydrogens (tertiary/aromatic N) is 2. The molecule has 0 aliphatic carbocycles. The first-order valence-corrected chi connectivity index (χ1v) is 13.8. The molecule has 0 bridgehead atoms. The Hall–Kier alpha value is -3.37. The SMILES string of the molecule is COc1ccccc1[C@@H]1CC(c2ccc(NS(C)(=O)=O)cc2)=NN1S(=O)(=O)c1ccc(C)cc1. The van der Waals surface area contributed by atoms with E-state index in [1.54, 1.807) is 61.7 Å². The van der Waals surface area contributed by atoms with Gasteiger partial charge in [-0.3, -0.25) is 4.72 Å². The smallest absolute Gasteiger partial charge is 0.279 e. The molecular formula is C24H25N3O5S2. The third-order valence-electron chi connectivity index (χ3n) is 5.46. The molecule has 3 aromatic rings. The number of benzene rings is 3. The van der Waals surface area contributed by atoms with E-state index in [2.05, 4.69) is 9.82 Å². The summed E-state index contributed by atoms with van der Waals surface area (Å²) in [6, 6.07) is 20.0. The Bertz CT molecular complexity index is 1430. The molecule has 34 heavy (non-hydrogen) atoms. The molecule has 0 radical (unpaired) electrons. The molecule has 1 aliphatic rings. The van der Waals surface area contributed by atoms with Crippen molar-refractivity contribution in [2.75, 3.05) is 18.1 Å². The number of hydrogen-bond acceptors (Lipinski definition) is 6. The fourth-order valence-corrected chi connectivity index (χ4v) is 5.81. The number of methoxy groups -OCH3 is 1. The second-order valence-electron chi connectivity index (χ2n) is 8.05. The van der Waals surface area contributed by atoms with Gasteiger partial charge in [0.05, 0.1) is 30.0 Å². The van der Waals surface area contributed by atoms with Crippen LogP contribution in [0.1, 0.15) is 29.2 Å². The Balaban J connectivity index is 1.77. The van der Waals surface area contributed by atoms with Crippen LogP contribution in [-0.4, -0.2) is 40.3 Å². The summed E-state index contributed by atoms with van der Waals surface area (Å²) in [7, 11) is -5.81. The van der Waals surface area contributed by atoms with Crippen molar-refractivity contribution in [3.05, 3.63) is 89.5 Å². The number of rotatable bonds is 7. The molecule has 4 rings (SSSR count). The lowest BCUT2D eigenvalue weighted by Gasteiger charge is -2.24. The highest BCUT2D eigenvalue weighted by Crippen LogP contribution is 2.40. The topological polar surface area (TPSA) is 105 Å². The van der Waals surface area contributed by atoms with Gasteiger partial charge in [0.1, 0.15) is 5.75 Å². The van der Waals surface area contributed by atoms with Gasteiger partial charge in [0, 0.05) is 17.7 Å². The molecular weight excluding hydrogens is 474 g/mol. The maximum absolute atomic E-state index is 13.6. The van der Waals surface area contributed by atoms with Crippen LogP contribution < -0.4 is 9.46 Å². The summed E-state index contributed by atoms with van der Waals surface area (Å²) in [4.78, 5) is 0.149. The number of para-hydroxylation sites is 1. The summed E-state index contributed by atoms with van der Waals surface area (Å²) in [5.74, 6) is 0.570. The minimum atomic E-state index is -3.95. The number of hydrazone groups is 1. The zero-order valence-electron chi connectivity index (χ0n) is 19.0. The fraction of sp³-hybridized carbons (Fsp3) is 0.208. The molecule has 8 nitrogen and oxygen atoms in total. The molecule has 10 heteroatoms. The van der Waals surface area contributed by atoms with E-state index in [-0.39, 0.29) is 4.90 Å². The van der Waals surface area contributed by atoms with Gasteiger partial charge >= 0.3 is 0 Å². The quantitative estimate of drug-likeness (QED) is 0.531. The number of hydrogen-bond donors (Lipinski definition) is 1. The van der Waals surface area contributed by atoms with Crippen LogP contribution in [0.15, 0.2) is 82.8 Å². The van der Waals surface area contributed by atoms with E-state index >= 15 is 0 Å². The Morgan fingerprint density at radius 3 is 2.21 bits per heavy atom. The Morgan fingerprint density at radius 2 is 1.59 bits per heavy atom. The van der Waals surface area contributed by atoms with Crippen LogP contribution in [0.4, 0.5) is 5.69 Å². The molecule has 0 saturated heterocycles. The van der Waals surface area contributed by atoms with Crippen molar-refractivity contribution >= 4 is 31.4 Å². The number of ether oxygens (including phenoxy) is 1. The monoisotopic (exact) mass is 499 g/mol. The van der Waals surface area contributed by atoms with Crippen molar-refractivity contribution in [2.45, 2.75) is 24.3 Å². The average molecular weight is 500 g/mol. The summed E-state index contributed by atoms with van der Waals surface area (Å²) >= 11 is 0. The van der Waals surface area contributed by atoms with Gasteiger partial charge in [-0.05, 0) is 42.8 Å². The lowest BCUT2D eigenvalue weighted by atomic mass is 9.98. The summed E-state index contributed by atoms with van der Waals surface area (Å²) in [5.41, 5.74) is 3.33. The van der Waals surface area contributed by atoms with Crippen molar-refractivity contribution in [1.82, 2.24) is 4.41 Å². The molecule has 0 aromatic heterocycles. The Morgan fingerprint density at radius 1 is 0.941 bits per heavy atom. The van der Waals surface area contributed by atoms with Gasteiger partial charge in [-0.15, -0.1) is 0 Å². The average Bonchev–Trinajstić information content (AvgIpc) is 3.25. The molecule has 1 aliphatic heterocycles. The van der Waals surface area contributed by atoms with Crippen molar-refractivity contribution in [3.63, 3.8) is 0 Å². The van der Waals surface area contributed by atoms with E-state index in [1.807, 2.05) is 25.1 Å². The summed E-state index contributed by atoms with van der Waals surface area (Å²) in [6.07, 6.45) is 1.40. The number of aryl methyl sites for hydroxylation is 1. The second kappa shape index (κ2) is 9.11. The summed E-state index contributed by atoms with van der Waals surface area (Å²) in [5, 5.41) is 4.53. The van der Waals surface area contributed by atoms with Gasteiger partial charge in [-0.25, -0.2) is 8.42 Å². The molecule has 0 amide bonds. The van der Waals surface area contributed by atoms with Crippen molar-refractivity contribution < 1.29 is 21.6 Å². The van der Waals surface area contributed by atoms with Gasteiger partial charge in [0.25, 0.3) is 10.0 Å². The number of nitrogens with one attached hydrogen (secondary N) is 1. The maximum atomic E-state index is 13.6. The zero-order chi connectivity index (χ0) is 24.5. The predicted molar refractivity (Wildman–Crippen MR) is 132 cm³/mol. The molecule has 0 saturated carbocycles. The highest BCUT2D eigenvalue weighted by Gasteiger charge is 2.39. The first-order chi connectivity index (χ1) is 16.1. The van der Waals surface area contributed by atoms with Crippen LogP contribution in [0, 0.1) is 6.92 Å². The Labute approximate surface area is 200 Å². The van der Waals surface area contributed by atoms with Crippen molar-refractivity contribution in [1.29, 1.82) is 0 Å². The van der Waals surface area contributed by atoms with Crippen molar-refractivity contribution in [3.8, 4) is 5.75 Å². The fourth-order valence-electron chi connectivity index (χ4n) is 3.82. The largest absolute Gasteiger partial charge is 0.496 e.